The summed E-state index contributed by atoms with van der Waals surface area (Å²) in [7, 11) is 3.10. The SMILES string of the molecule is Cc1ccnc(-c2ccc(O)c3c2CC2CC4C(N(C)C)C(=O)C(C(N)=O)C(=O)C4(O)C(=O)C2C3=O)c1. The fourth-order valence-electron chi connectivity index (χ4n) is 6.53. The minimum atomic E-state index is -2.73. The van der Waals surface area contributed by atoms with Gasteiger partial charge in [-0.15, -0.1) is 0 Å². The summed E-state index contributed by atoms with van der Waals surface area (Å²) < 4.78 is 0. The molecule has 5 rings (SSSR count). The first-order valence-electron chi connectivity index (χ1n) is 12.0. The summed E-state index contributed by atoms with van der Waals surface area (Å²) >= 11 is 0. The number of aliphatic hydroxyl groups is 1. The number of hydrogen-bond acceptors (Lipinski definition) is 9. The number of aromatic nitrogens is 1. The smallest absolute Gasteiger partial charge is 0.235 e. The average molecular weight is 506 g/mol. The minimum Gasteiger partial charge on any atom is -0.507 e. The number of aryl methyl sites for hydroxylation is 1. The number of primary amides is 1. The highest BCUT2D eigenvalue weighted by Crippen LogP contribution is 2.51. The van der Waals surface area contributed by atoms with Gasteiger partial charge in [0, 0.05) is 17.7 Å². The van der Waals surface area contributed by atoms with E-state index in [4.69, 9.17) is 5.73 Å². The van der Waals surface area contributed by atoms with Gasteiger partial charge in [-0.1, -0.05) is 0 Å². The summed E-state index contributed by atoms with van der Waals surface area (Å²) in [5.74, 6) is -10.6. The predicted octanol–water partition coefficient (Wildman–Crippen LogP) is 0.237. The normalized spacial score (nSPS) is 31.1. The molecule has 3 aliphatic rings. The monoisotopic (exact) mass is 505 g/mol. The van der Waals surface area contributed by atoms with Crippen LogP contribution in [0.3, 0.4) is 0 Å². The van der Waals surface area contributed by atoms with Crippen molar-refractivity contribution in [2.45, 2.75) is 31.4 Å². The van der Waals surface area contributed by atoms with Crippen LogP contribution in [-0.2, 0) is 25.6 Å². The molecule has 0 bridgehead atoms. The molecule has 2 aromatic rings. The van der Waals surface area contributed by atoms with Gasteiger partial charge in [0.25, 0.3) is 0 Å². The number of carbonyl (C=O) groups is 5. The lowest BCUT2D eigenvalue weighted by Crippen LogP contribution is -2.74. The van der Waals surface area contributed by atoms with Gasteiger partial charge in [0.05, 0.1) is 23.2 Å². The Labute approximate surface area is 212 Å². The van der Waals surface area contributed by atoms with Crippen molar-refractivity contribution in [3.63, 3.8) is 0 Å². The Kier molecular flexibility index (Phi) is 5.65. The Morgan fingerprint density at radius 2 is 1.84 bits per heavy atom. The number of fused-ring (bicyclic) bond motifs is 3. The van der Waals surface area contributed by atoms with E-state index < -0.39 is 64.4 Å². The molecule has 2 saturated carbocycles. The van der Waals surface area contributed by atoms with E-state index in [0.29, 0.717) is 16.8 Å². The number of rotatable bonds is 3. The van der Waals surface area contributed by atoms with Gasteiger partial charge in [-0.3, -0.25) is 33.9 Å². The zero-order chi connectivity index (χ0) is 27.0. The first-order chi connectivity index (χ1) is 17.4. The van der Waals surface area contributed by atoms with Gasteiger partial charge < -0.3 is 15.9 Å². The molecule has 1 amide bonds. The van der Waals surface area contributed by atoms with Crippen molar-refractivity contribution in [3.8, 4) is 17.0 Å². The molecule has 1 aromatic carbocycles. The van der Waals surface area contributed by atoms with Crippen molar-refractivity contribution in [1.82, 2.24) is 9.88 Å². The lowest BCUT2D eigenvalue weighted by molar-refractivity contribution is -0.181. The molecule has 2 fully saturated rings. The fraction of sp³-hybridized carbons (Fsp3) is 0.407. The average Bonchev–Trinajstić information content (AvgIpc) is 2.81. The number of pyridine rings is 1. The van der Waals surface area contributed by atoms with Crippen molar-refractivity contribution in [2.24, 2.45) is 29.4 Å². The zero-order valence-corrected chi connectivity index (χ0v) is 20.6. The van der Waals surface area contributed by atoms with Gasteiger partial charge in [0.1, 0.15) is 5.75 Å². The van der Waals surface area contributed by atoms with Gasteiger partial charge in [0.2, 0.25) is 5.91 Å². The van der Waals surface area contributed by atoms with Crippen molar-refractivity contribution in [3.05, 3.63) is 47.2 Å². The number of phenols is 1. The number of hydrogen-bond donors (Lipinski definition) is 3. The van der Waals surface area contributed by atoms with Crippen LogP contribution >= 0.6 is 0 Å². The maximum atomic E-state index is 13.8. The number of carbonyl (C=O) groups excluding carboxylic acids is 5. The van der Waals surface area contributed by atoms with E-state index >= 15 is 0 Å². The molecule has 3 aliphatic carbocycles. The van der Waals surface area contributed by atoms with Gasteiger partial charge in [0.15, 0.2) is 34.7 Å². The molecule has 0 aliphatic heterocycles. The number of nitrogens with zero attached hydrogens (tertiary/aromatic N) is 2. The van der Waals surface area contributed by atoms with Crippen LogP contribution in [0.4, 0.5) is 0 Å². The van der Waals surface area contributed by atoms with E-state index in [2.05, 4.69) is 4.98 Å². The third-order valence-electron chi connectivity index (χ3n) is 8.14. The second-order valence-corrected chi connectivity index (χ2v) is 10.5. The van der Waals surface area contributed by atoms with Crippen molar-refractivity contribution in [1.29, 1.82) is 0 Å². The first-order valence-corrected chi connectivity index (χ1v) is 12.0. The second kappa shape index (κ2) is 8.39. The third kappa shape index (κ3) is 3.39. The van der Waals surface area contributed by atoms with Crippen LogP contribution in [0.15, 0.2) is 30.5 Å². The molecule has 10 nitrogen and oxygen atoms in total. The minimum absolute atomic E-state index is 0.000236. The van der Waals surface area contributed by atoms with Gasteiger partial charge >= 0.3 is 0 Å². The van der Waals surface area contributed by atoms with E-state index in [9.17, 15) is 34.2 Å². The standard InChI is InChI=1S/C27H27N3O7/c1-11-6-7-29-16(8-11)13-4-5-17(31)19-14(13)9-12-10-15-21(30(2)3)23(33)20(26(28)36)25(35)27(15,37)24(34)18(12)22(19)32/h4-8,12,15,18,20-21,31,37H,9-10H2,1-3H3,(H2,28,36). The van der Waals surface area contributed by atoms with Gasteiger partial charge in [-0.2, -0.15) is 0 Å². The number of likely N-dealkylation sites (N-methyl/N-ethyl adjacent to an activating group) is 1. The van der Waals surface area contributed by atoms with E-state index in [1.165, 1.54) is 11.0 Å². The summed E-state index contributed by atoms with van der Waals surface area (Å²) in [6.45, 7) is 1.90. The third-order valence-corrected chi connectivity index (χ3v) is 8.14. The van der Waals surface area contributed by atoms with E-state index in [1.807, 2.05) is 19.1 Å². The summed E-state index contributed by atoms with van der Waals surface area (Å²) in [5.41, 5.74) is 5.24. The van der Waals surface area contributed by atoms with Crippen LogP contribution < -0.4 is 5.73 Å². The summed E-state index contributed by atoms with van der Waals surface area (Å²) in [6.07, 6.45) is 1.82. The molecule has 0 radical (unpaired) electrons. The van der Waals surface area contributed by atoms with E-state index in [0.717, 1.165) is 5.56 Å². The molecule has 6 atom stereocenters. The molecule has 1 aromatic heterocycles. The predicted molar refractivity (Wildman–Crippen MR) is 129 cm³/mol. The van der Waals surface area contributed by atoms with Crippen LogP contribution in [-0.4, -0.2) is 74.9 Å². The Morgan fingerprint density at radius 1 is 1.14 bits per heavy atom. The highest BCUT2D eigenvalue weighted by atomic mass is 16.3. The van der Waals surface area contributed by atoms with Crippen LogP contribution in [0.25, 0.3) is 11.3 Å². The molecule has 0 saturated heterocycles. The number of Topliss-reactive ketones (excluding diaryl/α,β-unsaturated/α-hetero) is 4. The highest BCUT2D eigenvalue weighted by Gasteiger charge is 2.69. The molecule has 4 N–H and O–H groups in total. The second-order valence-electron chi connectivity index (χ2n) is 10.5. The first kappa shape index (κ1) is 24.9. The Morgan fingerprint density at radius 3 is 2.46 bits per heavy atom. The van der Waals surface area contributed by atoms with E-state index in [1.54, 1.807) is 26.4 Å². The number of phenolic OH excluding ortho intramolecular Hbond substituents is 1. The van der Waals surface area contributed by atoms with Gasteiger partial charge in [-0.25, -0.2) is 0 Å². The molecular weight excluding hydrogens is 478 g/mol. The van der Waals surface area contributed by atoms with Crippen molar-refractivity contribution in [2.75, 3.05) is 14.1 Å². The van der Waals surface area contributed by atoms with Gasteiger partial charge in [-0.05, 0) is 75.2 Å². The van der Waals surface area contributed by atoms with Crippen LogP contribution in [0, 0.1) is 30.6 Å². The maximum Gasteiger partial charge on any atom is 0.235 e. The Hall–Kier alpha value is -3.76. The lowest BCUT2D eigenvalue weighted by atomic mass is 9.52. The molecule has 1 heterocycles. The number of aromatic hydroxyl groups is 1. The summed E-state index contributed by atoms with van der Waals surface area (Å²) in [4.78, 5) is 72.0. The molecule has 192 valence electrons. The topological polar surface area (TPSA) is 168 Å². The van der Waals surface area contributed by atoms with Crippen LogP contribution in [0.2, 0.25) is 0 Å². The molecule has 37 heavy (non-hydrogen) atoms. The number of amides is 1. The van der Waals surface area contributed by atoms with Crippen LogP contribution in [0.1, 0.15) is 27.9 Å². The van der Waals surface area contributed by atoms with Crippen LogP contribution in [0.5, 0.6) is 5.75 Å². The number of nitrogens with two attached hydrogens (primary N) is 1. The fourth-order valence-corrected chi connectivity index (χ4v) is 6.53. The summed E-state index contributed by atoms with van der Waals surface area (Å²) in [6, 6.07) is 5.56. The Bertz CT molecular complexity index is 1400. The summed E-state index contributed by atoms with van der Waals surface area (Å²) in [5, 5.41) is 22.3. The quantitative estimate of drug-likeness (QED) is 0.495. The molecule has 10 heteroatoms. The molecule has 6 unspecified atom stereocenters. The number of ketones is 4. The van der Waals surface area contributed by atoms with Crippen molar-refractivity contribution >= 4 is 29.0 Å². The van der Waals surface area contributed by atoms with Crippen molar-refractivity contribution < 1.29 is 34.2 Å². The van der Waals surface area contributed by atoms with E-state index in [-0.39, 0.29) is 24.2 Å². The maximum absolute atomic E-state index is 13.8. The largest absolute Gasteiger partial charge is 0.507 e. The lowest BCUT2D eigenvalue weighted by Gasteiger charge is -2.52. The molecular formula is C27H27N3O7. The molecule has 0 spiro atoms. The Balaban J connectivity index is 1.67. The number of benzene rings is 1. The highest BCUT2D eigenvalue weighted by molar-refractivity contribution is 6.32. The zero-order valence-electron chi connectivity index (χ0n) is 20.6.